The summed E-state index contributed by atoms with van der Waals surface area (Å²) in [6.45, 7) is 1.07. The maximum Gasteiger partial charge on any atom is 0.316 e. The van der Waals surface area contributed by atoms with E-state index in [1.54, 1.807) is 6.20 Å². The first kappa shape index (κ1) is 15.6. The number of esters is 1. The highest BCUT2D eigenvalue weighted by Gasteiger charge is 2.34. The average molecular weight is 321 g/mol. The van der Waals surface area contributed by atoms with Gasteiger partial charge < -0.3 is 9.64 Å². The molecule has 22 heavy (non-hydrogen) atoms. The highest BCUT2D eigenvalue weighted by atomic mass is 32.2. The molecule has 2 aliphatic rings. The first-order chi connectivity index (χ1) is 10.8. The van der Waals surface area contributed by atoms with Gasteiger partial charge in [-0.2, -0.15) is 0 Å². The molecule has 0 N–H and O–H groups in total. The number of ether oxygens (including phenoxy) is 1. The summed E-state index contributed by atoms with van der Waals surface area (Å²) in [5, 5.41) is 0.792. The largest absolute Gasteiger partial charge is 0.468 e. The van der Waals surface area contributed by atoms with E-state index < -0.39 is 0 Å². The van der Waals surface area contributed by atoms with Crippen LogP contribution in [0.25, 0.3) is 0 Å². The summed E-state index contributed by atoms with van der Waals surface area (Å²) in [7, 11) is 1.40. The van der Waals surface area contributed by atoms with Crippen LogP contribution in [0.3, 0.4) is 0 Å². The van der Waals surface area contributed by atoms with Crippen LogP contribution in [-0.2, 0) is 9.53 Å². The Kier molecular flexibility index (Phi) is 5.18. The highest BCUT2D eigenvalue weighted by Crippen LogP contribution is 2.37. The third-order valence-corrected chi connectivity index (χ3v) is 5.58. The Labute approximate surface area is 135 Å². The lowest BCUT2D eigenvalue weighted by Crippen LogP contribution is -2.35. The van der Waals surface area contributed by atoms with Crippen molar-refractivity contribution in [2.45, 2.75) is 49.6 Å². The SMILES string of the molecule is COC(=O)CSc1cncc(N2CCCC2C2CCCC2)n1. The van der Waals surface area contributed by atoms with Crippen molar-refractivity contribution < 1.29 is 9.53 Å². The smallest absolute Gasteiger partial charge is 0.316 e. The molecular formula is C16H23N3O2S. The van der Waals surface area contributed by atoms with E-state index in [4.69, 9.17) is 4.98 Å². The van der Waals surface area contributed by atoms with Gasteiger partial charge in [0.2, 0.25) is 0 Å². The molecule has 1 aromatic heterocycles. The molecule has 0 bridgehead atoms. The van der Waals surface area contributed by atoms with Crippen molar-refractivity contribution in [2.24, 2.45) is 5.92 Å². The monoisotopic (exact) mass is 321 g/mol. The molecule has 1 saturated heterocycles. The van der Waals surface area contributed by atoms with Crippen LogP contribution in [0.5, 0.6) is 0 Å². The zero-order chi connectivity index (χ0) is 15.4. The minimum atomic E-state index is -0.234. The van der Waals surface area contributed by atoms with Gasteiger partial charge >= 0.3 is 5.97 Å². The molecule has 1 aliphatic carbocycles. The van der Waals surface area contributed by atoms with Gasteiger partial charge in [-0.25, -0.2) is 4.98 Å². The Morgan fingerprint density at radius 1 is 1.32 bits per heavy atom. The van der Waals surface area contributed by atoms with Gasteiger partial charge in [0.05, 0.1) is 25.3 Å². The van der Waals surface area contributed by atoms with E-state index in [9.17, 15) is 4.79 Å². The minimum absolute atomic E-state index is 0.234. The molecule has 6 heteroatoms. The van der Waals surface area contributed by atoms with E-state index in [0.29, 0.717) is 6.04 Å². The predicted molar refractivity (Wildman–Crippen MR) is 87.1 cm³/mol. The number of aromatic nitrogens is 2. The van der Waals surface area contributed by atoms with Crippen molar-refractivity contribution in [2.75, 3.05) is 24.3 Å². The van der Waals surface area contributed by atoms with E-state index in [0.717, 1.165) is 23.3 Å². The first-order valence-corrected chi connectivity index (χ1v) is 9.05. The van der Waals surface area contributed by atoms with Crippen LogP contribution in [0.4, 0.5) is 5.82 Å². The minimum Gasteiger partial charge on any atom is -0.468 e. The topological polar surface area (TPSA) is 55.3 Å². The van der Waals surface area contributed by atoms with Crippen molar-refractivity contribution in [3.63, 3.8) is 0 Å². The summed E-state index contributed by atoms with van der Waals surface area (Å²) in [4.78, 5) is 22.7. The predicted octanol–water partition coefficient (Wildman–Crippen LogP) is 2.90. The molecular weight excluding hydrogens is 298 g/mol. The Balaban J connectivity index is 1.69. The molecule has 2 heterocycles. The fourth-order valence-corrected chi connectivity index (χ4v) is 4.32. The Bertz CT molecular complexity index is 520. The zero-order valence-electron chi connectivity index (χ0n) is 13.0. The quantitative estimate of drug-likeness (QED) is 0.614. The fourth-order valence-electron chi connectivity index (χ4n) is 3.65. The zero-order valence-corrected chi connectivity index (χ0v) is 13.8. The molecule has 1 saturated carbocycles. The second-order valence-corrected chi connectivity index (χ2v) is 7.02. The number of thioether (sulfide) groups is 1. The van der Waals surface area contributed by atoms with E-state index >= 15 is 0 Å². The van der Waals surface area contributed by atoms with E-state index in [1.165, 1.54) is 57.4 Å². The van der Waals surface area contributed by atoms with Crippen LogP contribution in [0.15, 0.2) is 17.4 Å². The van der Waals surface area contributed by atoms with Crippen LogP contribution >= 0.6 is 11.8 Å². The van der Waals surface area contributed by atoms with Gasteiger partial charge in [-0.3, -0.25) is 9.78 Å². The van der Waals surface area contributed by atoms with E-state index in [-0.39, 0.29) is 11.7 Å². The van der Waals surface area contributed by atoms with Gasteiger partial charge in [-0.05, 0) is 31.6 Å². The number of anilines is 1. The molecule has 1 unspecified atom stereocenters. The van der Waals surface area contributed by atoms with Gasteiger partial charge in [-0.15, -0.1) is 0 Å². The summed E-state index contributed by atoms with van der Waals surface area (Å²) >= 11 is 1.38. The number of nitrogens with zero attached hydrogens (tertiary/aromatic N) is 3. The van der Waals surface area contributed by atoms with Gasteiger partial charge in [-0.1, -0.05) is 24.6 Å². The van der Waals surface area contributed by atoms with E-state index in [2.05, 4.69) is 14.6 Å². The molecule has 1 aliphatic heterocycles. The number of carbonyl (C=O) groups excluding carboxylic acids is 1. The van der Waals surface area contributed by atoms with Crippen molar-refractivity contribution >= 4 is 23.5 Å². The maximum atomic E-state index is 11.3. The Hall–Kier alpha value is -1.30. The second kappa shape index (κ2) is 7.31. The Morgan fingerprint density at radius 3 is 2.91 bits per heavy atom. The summed E-state index contributed by atoms with van der Waals surface area (Å²) in [5.41, 5.74) is 0. The first-order valence-electron chi connectivity index (χ1n) is 8.06. The van der Waals surface area contributed by atoms with Gasteiger partial charge in [0.15, 0.2) is 0 Å². The Morgan fingerprint density at radius 2 is 2.14 bits per heavy atom. The van der Waals surface area contributed by atoms with Crippen molar-refractivity contribution in [1.29, 1.82) is 0 Å². The molecule has 3 rings (SSSR count). The molecule has 1 atom stereocenters. The fraction of sp³-hybridized carbons (Fsp3) is 0.688. The average Bonchev–Trinajstić information content (AvgIpc) is 3.23. The van der Waals surface area contributed by atoms with Gasteiger partial charge in [0.25, 0.3) is 0 Å². The molecule has 0 amide bonds. The van der Waals surface area contributed by atoms with Gasteiger partial charge in [0.1, 0.15) is 10.8 Å². The standard InChI is InChI=1S/C16H23N3O2S/c1-21-16(20)11-22-15-10-17-9-14(18-15)19-8-4-7-13(19)12-5-2-3-6-12/h9-10,12-13H,2-8,11H2,1H3. The van der Waals surface area contributed by atoms with Gasteiger partial charge in [0, 0.05) is 12.6 Å². The number of rotatable bonds is 5. The third kappa shape index (κ3) is 3.54. The lowest BCUT2D eigenvalue weighted by atomic mass is 9.96. The molecule has 120 valence electrons. The van der Waals surface area contributed by atoms with Crippen LogP contribution < -0.4 is 4.90 Å². The van der Waals surface area contributed by atoms with Crippen LogP contribution in [-0.4, -0.2) is 41.4 Å². The number of hydrogen-bond acceptors (Lipinski definition) is 6. The molecule has 5 nitrogen and oxygen atoms in total. The number of methoxy groups -OCH3 is 1. The summed E-state index contributed by atoms with van der Waals surface area (Å²) in [6.07, 6.45) is 11.5. The van der Waals surface area contributed by atoms with E-state index in [1.807, 2.05) is 6.20 Å². The van der Waals surface area contributed by atoms with Crippen molar-refractivity contribution in [3.8, 4) is 0 Å². The molecule has 0 spiro atoms. The number of hydrogen-bond donors (Lipinski definition) is 0. The molecule has 2 fully saturated rings. The molecule has 1 aromatic rings. The summed E-state index contributed by atoms with van der Waals surface area (Å²) in [5.74, 6) is 1.82. The van der Waals surface area contributed by atoms with Crippen LogP contribution in [0.1, 0.15) is 38.5 Å². The van der Waals surface area contributed by atoms with Crippen molar-refractivity contribution in [3.05, 3.63) is 12.4 Å². The van der Waals surface area contributed by atoms with Crippen molar-refractivity contribution in [1.82, 2.24) is 9.97 Å². The van der Waals surface area contributed by atoms with Crippen LogP contribution in [0.2, 0.25) is 0 Å². The lowest BCUT2D eigenvalue weighted by Gasteiger charge is -2.30. The normalized spacial score (nSPS) is 22.2. The lowest BCUT2D eigenvalue weighted by molar-refractivity contribution is -0.137. The second-order valence-electron chi connectivity index (χ2n) is 6.03. The molecule has 0 aromatic carbocycles. The number of carbonyl (C=O) groups is 1. The highest BCUT2D eigenvalue weighted by molar-refractivity contribution is 7.99. The third-order valence-electron chi connectivity index (χ3n) is 4.70. The summed E-state index contributed by atoms with van der Waals surface area (Å²) < 4.78 is 4.67. The van der Waals surface area contributed by atoms with Crippen LogP contribution in [0, 0.1) is 5.92 Å². The summed E-state index contributed by atoms with van der Waals surface area (Å²) in [6, 6.07) is 0.623. The molecule has 0 radical (unpaired) electrons. The maximum absolute atomic E-state index is 11.3.